The molecule has 5 nitrogen and oxygen atoms in total. The van der Waals surface area contributed by atoms with Gasteiger partial charge in [-0.15, -0.1) is 0 Å². The van der Waals surface area contributed by atoms with E-state index in [1.165, 1.54) is 6.92 Å². The molecule has 0 spiro atoms. The smallest absolute Gasteiger partial charge is 0.226 e. The lowest BCUT2D eigenvalue weighted by Crippen LogP contribution is -2.33. The number of fused-ring (bicyclic) bond motifs is 1. The molecule has 2 aromatic carbocycles. The Morgan fingerprint density at radius 3 is 2.46 bits per heavy atom. The zero-order chi connectivity index (χ0) is 20.3. The van der Waals surface area contributed by atoms with Crippen molar-refractivity contribution in [2.75, 3.05) is 5.32 Å². The van der Waals surface area contributed by atoms with Crippen molar-refractivity contribution in [3.05, 3.63) is 71.4 Å². The summed E-state index contributed by atoms with van der Waals surface area (Å²) in [5, 5.41) is 12.1. The number of hydrogen-bond donors (Lipinski definition) is 1. The van der Waals surface area contributed by atoms with Crippen molar-refractivity contribution in [2.45, 2.75) is 38.6 Å². The molecule has 142 valence electrons. The summed E-state index contributed by atoms with van der Waals surface area (Å²) in [5.74, 6) is -0.278. The molecule has 0 saturated carbocycles. The van der Waals surface area contributed by atoms with Crippen molar-refractivity contribution in [2.24, 2.45) is 0 Å². The van der Waals surface area contributed by atoms with Crippen LogP contribution in [0, 0.1) is 11.3 Å². The molecular weight excluding hydrogens is 350 g/mol. The van der Waals surface area contributed by atoms with Gasteiger partial charge in [0.15, 0.2) is 0 Å². The zero-order valence-corrected chi connectivity index (χ0v) is 16.3. The van der Waals surface area contributed by atoms with Gasteiger partial charge in [0, 0.05) is 18.8 Å². The van der Waals surface area contributed by atoms with E-state index in [1.54, 1.807) is 23.2 Å². The Balaban J connectivity index is 1.76. The fourth-order valence-electron chi connectivity index (χ4n) is 3.34. The van der Waals surface area contributed by atoms with E-state index in [1.807, 2.05) is 56.3 Å². The summed E-state index contributed by atoms with van der Waals surface area (Å²) in [7, 11) is 0. The van der Waals surface area contributed by atoms with Gasteiger partial charge in [0.2, 0.25) is 11.8 Å². The fraction of sp³-hybridized carbons (Fsp3) is 0.261. The summed E-state index contributed by atoms with van der Waals surface area (Å²) in [6, 6.07) is 17.0. The molecule has 0 saturated heterocycles. The molecule has 5 heteroatoms. The van der Waals surface area contributed by atoms with Crippen LogP contribution in [0.15, 0.2) is 54.7 Å². The zero-order valence-electron chi connectivity index (χ0n) is 16.3. The molecule has 2 amide bonds. The number of anilines is 1. The molecule has 0 unspecified atom stereocenters. The monoisotopic (exact) mass is 373 g/mol. The van der Waals surface area contributed by atoms with Gasteiger partial charge in [-0.3, -0.25) is 9.59 Å². The first kappa shape index (κ1) is 19.4. The maximum atomic E-state index is 12.7. The second-order valence-corrected chi connectivity index (χ2v) is 7.45. The highest BCUT2D eigenvalue weighted by Crippen LogP contribution is 2.33. The van der Waals surface area contributed by atoms with Gasteiger partial charge in [0.25, 0.3) is 0 Å². The Kier molecular flexibility index (Phi) is 5.32. The number of hydrogen-bond acceptors (Lipinski definition) is 3. The van der Waals surface area contributed by atoms with Crippen LogP contribution < -0.4 is 5.32 Å². The highest BCUT2D eigenvalue weighted by molar-refractivity contribution is 5.92. The molecular formula is C23H23N3O2. The number of nitrogens with zero attached hydrogens (tertiary/aromatic N) is 2. The van der Waals surface area contributed by atoms with E-state index in [0.717, 1.165) is 16.7 Å². The number of benzene rings is 2. The van der Waals surface area contributed by atoms with Crippen LogP contribution in [0.2, 0.25) is 0 Å². The SMILES string of the molecule is CC(=O)N1C=Cc2ccccc2[C@H]1CC(=O)Nc1ccc(C(C)(C)C#N)cc1. The first-order valence-electron chi connectivity index (χ1n) is 9.19. The summed E-state index contributed by atoms with van der Waals surface area (Å²) in [6.07, 6.45) is 3.79. The van der Waals surface area contributed by atoms with Gasteiger partial charge in [0.05, 0.1) is 23.9 Å². The van der Waals surface area contributed by atoms with Crippen molar-refractivity contribution in [3.8, 4) is 6.07 Å². The lowest BCUT2D eigenvalue weighted by atomic mass is 9.86. The molecule has 0 radical (unpaired) electrons. The fourth-order valence-corrected chi connectivity index (χ4v) is 3.34. The second kappa shape index (κ2) is 7.69. The Morgan fingerprint density at radius 1 is 1.14 bits per heavy atom. The van der Waals surface area contributed by atoms with Gasteiger partial charge in [-0.1, -0.05) is 36.4 Å². The Hall–Kier alpha value is -3.39. The van der Waals surface area contributed by atoms with Crippen molar-refractivity contribution in [3.63, 3.8) is 0 Å². The summed E-state index contributed by atoms with van der Waals surface area (Å²) in [4.78, 5) is 26.3. The predicted octanol–water partition coefficient (Wildman–Crippen LogP) is 4.39. The Morgan fingerprint density at radius 2 is 1.82 bits per heavy atom. The molecule has 0 aromatic heterocycles. The molecule has 2 aromatic rings. The standard InChI is InChI=1S/C23H23N3O2/c1-16(27)26-13-12-17-6-4-5-7-20(17)21(26)14-22(28)25-19-10-8-18(9-11-19)23(2,3)15-24/h4-13,21H,14H2,1-3H3,(H,25,28)/t21-/m1/s1. The van der Waals surface area contributed by atoms with E-state index in [9.17, 15) is 14.9 Å². The van der Waals surface area contributed by atoms with Crippen molar-refractivity contribution >= 4 is 23.6 Å². The van der Waals surface area contributed by atoms with Gasteiger partial charge >= 0.3 is 0 Å². The van der Waals surface area contributed by atoms with E-state index < -0.39 is 5.41 Å². The van der Waals surface area contributed by atoms with Crippen LogP contribution in [0.1, 0.15) is 49.9 Å². The molecule has 1 aliphatic rings. The molecule has 28 heavy (non-hydrogen) atoms. The van der Waals surface area contributed by atoms with Gasteiger partial charge < -0.3 is 10.2 Å². The Labute approximate surface area is 165 Å². The van der Waals surface area contributed by atoms with Crippen LogP contribution in [0.5, 0.6) is 0 Å². The Bertz CT molecular complexity index is 968. The number of nitrogens with one attached hydrogen (secondary N) is 1. The maximum absolute atomic E-state index is 12.7. The molecule has 1 atom stereocenters. The van der Waals surface area contributed by atoms with Crippen LogP contribution in [0.4, 0.5) is 5.69 Å². The molecule has 0 bridgehead atoms. The molecule has 0 fully saturated rings. The third kappa shape index (κ3) is 3.96. The first-order valence-corrected chi connectivity index (χ1v) is 9.19. The van der Waals surface area contributed by atoms with Crippen LogP contribution in [-0.2, 0) is 15.0 Å². The largest absolute Gasteiger partial charge is 0.326 e. The lowest BCUT2D eigenvalue weighted by Gasteiger charge is -2.32. The average Bonchev–Trinajstić information content (AvgIpc) is 2.68. The summed E-state index contributed by atoms with van der Waals surface area (Å²) >= 11 is 0. The number of carbonyl (C=O) groups is 2. The summed E-state index contributed by atoms with van der Waals surface area (Å²) < 4.78 is 0. The topological polar surface area (TPSA) is 73.2 Å². The average molecular weight is 373 g/mol. The summed E-state index contributed by atoms with van der Waals surface area (Å²) in [6.45, 7) is 5.20. The number of nitriles is 1. The van der Waals surface area contributed by atoms with Gasteiger partial charge in [0.1, 0.15) is 0 Å². The predicted molar refractivity (Wildman–Crippen MR) is 109 cm³/mol. The van der Waals surface area contributed by atoms with Gasteiger partial charge in [-0.25, -0.2) is 0 Å². The van der Waals surface area contributed by atoms with Gasteiger partial charge in [-0.2, -0.15) is 5.26 Å². The maximum Gasteiger partial charge on any atom is 0.226 e. The minimum atomic E-state index is -0.581. The van der Waals surface area contributed by atoms with Crippen LogP contribution in [0.3, 0.4) is 0 Å². The summed E-state index contributed by atoms with van der Waals surface area (Å²) in [5.41, 5.74) is 2.95. The highest BCUT2D eigenvalue weighted by atomic mass is 16.2. The molecule has 1 aliphatic heterocycles. The third-order valence-electron chi connectivity index (χ3n) is 5.02. The first-order chi connectivity index (χ1) is 13.3. The lowest BCUT2D eigenvalue weighted by molar-refractivity contribution is -0.129. The normalized spacial score (nSPS) is 15.5. The van der Waals surface area contributed by atoms with E-state index in [2.05, 4.69) is 11.4 Å². The minimum Gasteiger partial charge on any atom is -0.326 e. The van der Waals surface area contributed by atoms with E-state index in [-0.39, 0.29) is 24.3 Å². The number of amides is 2. The number of carbonyl (C=O) groups excluding carboxylic acids is 2. The van der Waals surface area contributed by atoms with Crippen LogP contribution in [0.25, 0.3) is 6.08 Å². The quantitative estimate of drug-likeness (QED) is 0.864. The van der Waals surface area contributed by atoms with Gasteiger partial charge in [-0.05, 0) is 48.7 Å². The second-order valence-electron chi connectivity index (χ2n) is 7.45. The number of rotatable bonds is 4. The van der Waals surface area contributed by atoms with E-state index in [0.29, 0.717) is 5.69 Å². The van der Waals surface area contributed by atoms with E-state index >= 15 is 0 Å². The van der Waals surface area contributed by atoms with Crippen molar-refractivity contribution in [1.82, 2.24) is 4.90 Å². The molecule has 3 rings (SSSR count). The van der Waals surface area contributed by atoms with E-state index in [4.69, 9.17) is 0 Å². The van der Waals surface area contributed by atoms with Crippen molar-refractivity contribution < 1.29 is 9.59 Å². The molecule has 1 N–H and O–H groups in total. The molecule has 1 heterocycles. The van der Waals surface area contributed by atoms with Crippen LogP contribution in [-0.4, -0.2) is 16.7 Å². The third-order valence-corrected chi connectivity index (χ3v) is 5.02. The molecule has 0 aliphatic carbocycles. The van der Waals surface area contributed by atoms with Crippen molar-refractivity contribution in [1.29, 1.82) is 5.26 Å². The minimum absolute atomic E-state index is 0.105. The van der Waals surface area contributed by atoms with Crippen LogP contribution >= 0.6 is 0 Å². The highest BCUT2D eigenvalue weighted by Gasteiger charge is 2.28.